The van der Waals surface area contributed by atoms with Gasteiger partial charge < -0.3 is 9.47 Å². The monoisotopic (exact) mass is 577 g/mol. The lowest BCUT2D eigenvalue weighted by Gasteiger charge is -2.05. The second-order valence-electron chi connectivity index (χ2n) is 12.2. The van der Waals surface area contributed by atoms with Crippen LogP contribution >= 0.6 is 0 Å². The van der Waals surface area contributed by atoms with E-state index in [1.165, 1.54) is 161 Å². The summed E-state index contributed by atoms with van der Waals surface area (Å²) >= 11 is 0. The number of unbranched alkanes of at least 4 members (excludes halogenated alkanes) is 25. The fraction of sp³-hybridized carbons (Fsp3) is 0.868. The molecule has 0 aromatic heterocycles. The molecule has 0 amide bonds. The van der Waals surface area contributed by atoms with E-state index in [0.29, 0.717) is 19.6 Å². The van der Waals surface area contributed by atoms with Crippen molar-refractivity contribution >= 4 is 5.97 Å². The lowest BCUT2D eigenvalue weighted by Crippen LogP contribution is -2.09. The number of ether oxygens (including phenoxy) is 2. The largest absolute Gasteiger partial charge is 0.498 e. The van der Waals surface area contributed by atoms with Crippen LogP contribution in [0, 0.1) is 0 Å². The average molecular weight is 577 g/mol. The normalized spacial score (nSPS) is 11.7. The molecule has 3 heteroatoms. The van der Waals surface area contributed by atoms with Gasteiger partial charge in [-0.25, -0.2) is 0 Å². The summed E-state index contributed by atoms with van der Waals surface area (Å²) in [6, 6.07) is 0. The summed E-state index contributed by atoms with van der Waals surface area (Å²) in [6.45, 7) is 5.37. The van der Waals surface area contributed by atoms with Crippen molar-refractivity contribution in [1.29, 1.82) is 0 Å². The lowest BCUT2D eigenvalue weighted by atomic mass is 10.0. The Hall–Kier alpha value is -1.25. The van der Waals surface area contributed by atoms with E-state index in [0.717, 1.165) is 19.3 Å². The fourth-order valence-electron chi connectivity index (χ4n) is 5.28. The number of hydrogen-bond acceptors (Lipinski definition) is 3. The van der Waals surface area contributed by atoms with E-state index in [2.05, 4.69) is 32.1 Å². The number of carbonyl (C=O) groups is 1. The predicted octanol–water partition coefficient (Wildman–Crippen LogP) is 13.0. The molecule has 0 rings (SSSR count). The fourth-order valence-corrected chi connectivity index (χ4v) is 5.28. The standard InChI is InChI=1S/C38H72O3/c1-3-5-7-9-11-13-15-17-19-21-23-25-27-29-31-33-35-40-36-37-41-38(39)34-32-30-28-26-24-22-20-18-16-14-12-10-8-6-4-2/h18,20,33,35H,3-17,19,21-32,34,36-37H2,1-2H3/b20-18-,35-33-. The SMILES string of the molecule is CCCCCCCC/C=C\CCCCCCCC(=O)OCCO/C=C\CCCCCCCCCCCCCCCC. The molecule has 0 saturated heterocycles. The first kappa shape index (κ1) is 39.8. The first-order valence-electron chi connectivity index (χ1n) is 18.4. The summed E-state index contributed by atoms with van der Waals surface area (Å²) in [5.41, 5.74) is 0. The Morgan fingerprint density at radius 3 is 1.24 bits per heavy atom. The highest BCUT2D eigenvalue weighted by Crippen LogP contribution is 2.14. The molecule has 0 aromatic carbocycles. The summed E-state index contributed by atoms with van der Waals surface area (Å²) < 4.78 is 10.8. The molecule has 0 spiro atoms. The van der Waals surface area contributed by atoms with Crippen molar-refractivity contribution in [1.82, 2.24) is 0 Å². The molecule has 0 radical (unpaired) electrons. The van der Waals surface area contributed by atoms with Gasteiger partial charge in [-0.2, -0.15) is 0 Å². The van der Waals surface area contributed by atoms with E-state index >= 15 is 0 Å². The Bertz CT molecular complexity index is 554. The summed E-state index contributed by atoms with van der Waals surface area (Å²) in [6.07, 6.45) is 46.3. The van der Waals surface area contributed by atoms with Crippen molar-refractivity contribution in [3.8, 4) is 0 Å². The third-order valence-electron chi connectivity index (χ3n) is 8.02. The van der Waals surface area contributed by atoms with Gasteiger partial charge >= 0.3 is 5.97 Å². The van der Waals surface area contributed by atoms with Gasteiger partial charge in [0, 0.05) is 6.42 Å². The van der Waals surface area contributed by atoms with Crippen LogP contribution in [0.1, 0.15) is 200 Å². The number of carbonyl (C=O) groups excluding carboxylic acids is 1. The quantitative estimate of drug-likeness (QED) is 0.0331. The average Bonchev–Trinajstić information content (AvgIpc) is 2.98. The van der Waals surface area contributed by atoms with Crippen LogP contribution in [0.4, 0.5) is 0 Å². The zero-order valence-electron chi connectivity index (χ0n) is 28.0. The second-order valence-corrected chi connectivity index (χ2v) is 12.2. The molecule has 0 aliphatic heterocycles. The van der Waals surface area contributed by atoms with Gasteiger partial charge in [-0.05, 0) is 51.0 Å². The van der Waals surface area contributed by atoms with Crippen LogP contribution in [-0.2, 0) is 14.3 Å². The molecule has 0 heterocycles. The summed E-state index contributed by atoms with van der Waals surface area (Å²) in [5, 5.41) is 0. The minimum Gasteiger partial charge on any atom is -0.498 e. The zero-order valence-corrected chi connectivity index (χ0v) is 28.0. The van der Waals surface area contributed by atoms with E-state index in [4.69, 9.17) is 9.47 Å². The van der Waals surface area contributed by atoms with Crippen molar-refractivity contribution in [2.45, 2.75) is 200 Å². The Labute approximate surface area is 257 Å². The van der Waals surface area contributed by atoms with Crippen molar-refractivity contribution in [3.63, 3.8) is 0 Å². The number of esters is 1. The van der Waals surface area contributed by atoms with Crippen molar-refractivity contribution < 1.29 is 14.3 Å². The van der Waals surface area contributed by atoms with Gasteiger partial charge in [-0.15, -0.1) is 0 Å². The van der Waals surface area contributed by atoms with Gasteiger partial charge in [0.1, 0.15) is 13.2 Å². The van der Waals surface area contributed by atoms with E-state index in [1.807, 2.05) is 0 Å². The Morgan fingerprint density at radius 1 is 0.439 bits per heavy atom. The number of rotatable bonds is 34. The molecule has 3 nitrogen and oxygen atoms in total. The second kappa shape index (κ2) is 36.8. The summed E-state index contributed by atoms with van der Waals surface area (Å²) in [7, 11) is 0. The van der Waals surface area contributed by atoms with Crippen LogP contribution in [0.2, 0.25) is 0 Å². The highest BCUT2D eigenvalue weighted by Gasteiger charge is 2.02. The summed E-state index contributed by atoms with van der Waals surface area (Å²) in [5.74, 6) is -0.0855. The van der Waals surface area contributed by atoms with Gasteiger partial charge in [0.15, 0.2) is 0 Å². The van der Waals surface area contributed by atoms with E-state index in [9.17, 15) is 4.79 Å². The molecular formula is C38H72O3. The van der Waals surface area contributed by atoms with Gasteiger partial charge in [0.25, 0.3) is 0 Å². The molecule has 242 valence electrons. The van der Waals surface area contributed by atoms with Gasteiger partial charge in [-0.1, -0.05) is 161 Å². The van der Waals surface area contributed by atoms with Crippen LogP contribution in [0.25, 0.3) is 0 Å². The molecule has 0 saturated carbocycles. The smallest absolute Gasteiger partial charge is 0.305 e. The number of hydrogen-bond donors (Lipinski definition) is 0. The third kappa shape index (κ3) is 36.7. The molecular weight excluding hydrogens is 504 g/mol. The van der Waals surface area contributed by atoms with E-state index in [-0.39, 0.29) is 5.97 Å². The molecule has 0 unspecified atom stereocenters. The van der Waals surface area contributed by atoms with Gasteiger partial charge in [-0.3, -0.25) is 4.79 Å². The Kier molecular flexibility index (Phi) is 35.7. The topological polar surface area (TPSA) is 35.5 Å². The molecule has 0 bridgehead atoms. The first-order valence-corrected chi connectivity index (χ1v) is 18.4. The molecule has 0 atom stereocenters. The maximum atomic E-state index is 11.9. The van der Waals surface area contributed by atoms with Crippen LogP contribution in [-0.4, -0.2) is 19.2 Å². The predicted molar refractivity (Wildman–Crippen MR) is 180 cm³/mol. The first-order chi connectivity index (χ1) is 20.3. The zero-order chi connectivity index (χ0) is 29.7. The van der Waals surface area contributed by atoms with Crippen LogP contribution in [0.15, 0.2) is 24.5 Å². The maximum Gasteiger partial charge on any atom is 0.305 e. The van der Waals surface area contributed by atoms with E-state index in [1.54, 1.807) is 6.26 Å². The van der Waals surface area contributed by atoms with E-state index < -0.39 is 0 Å². The Morgan fingerprint density at radius 2 is 0.805 bits per heavy atom. The molecule has 0 aliphatic carbocycles. The molecule has 0 aliphatic rings. The molecule has 0 N–H and O–H groups in total. The van der Waals surface area contributed by atoms with Crippen molar-refractivity contribution in [2.75, 3.05) is 13.2 Å². The molecule has 0 fully saturated rings. The van der Waals surface area contributed by atoms with Crippen LogP contribution < -0.4 is 0 Å². The summed E-state index contributed by atoms with van der Waals surface area (Å²) in [4.78, 5) is 11.9. The molecule has 41 heavy (non-hydrogen) atoms. The van der Waals surface area contributed by atoms with Crippen molar-refractivity contribution in [3.05, 3.63) is 24.5 Å². The lowest BCUT2D eigenvalue weighted by molar-refractivity contribution is -0.144. The maximum absolute atomic E-state index is 11.9. The highest BCUT2D eigenvalue weighted by molar-refractivity contribution is 5.69. The minimum absolute atomic E-state index is 0.0855. The minimum atomic E-state index is -0.0855. The van der Waals surface area contributed by atoms with Gasteiger partial charge in [0.2, 0.25) is 0 Å². The third-order valence-corrected chi connectivity index (χ3v) is 8.02. The Balaban J connectivity index is 3.24. The van der Waals surface area contributed by atoms with Crippen molar-refractivity contribution in [2.24, 2.45) is 0 Å². The van der Waals surface area contributed by atoms with Crippen LogP contribution in [0.3, 0.4) is 0 Å². The van der Waals surface area contributed by atoms with Gasteiger partial charge in [0.05, 0.1) is 6.26 Å². The molecule has 0 aromatic rings. The highest BCUT2D eigenvalue weighted by atomic mass is 16.6. The number of allylic oxidation sites excluding steroid dienone is 3. The van der Waals surface area contributed by atoms with Crippen LogP contribution in [0.5, 0.6) is 0 Å².